The first kappa shape index (κ1) is 17.0. The highest BCUT2D eigenvalue weighted by atomic mass is 16.1. The van der Waals surface area contributed by atoms with Crippen LogP contribution in [0, 0.1) is 0 Å². The van der Waals surface area contributed by atoms with Gasteiger partial charge in [-0.15, -0.1) is 0 Å². The molecule has 0 aromatic heterocycles. The predicted octanol–water partition coefficient (Wildman–Crippen LogP) is 6.18. The molecule has 0 radical (unpaired) electrons. The van der Waals surface area contributed by atoms with Crippen LogP contribution in [0.5, 0.6) is 0 Å². The molecule has 27 heavy (non-hydrogen) atoms. The van der Waals surface area contributed by atoms with E-state index in [9.17, 15) is 4.79 Å². The highest BCUT2D eigenvalue weighted by molar-refractivity contribution is 6.08. The molecule has 1 heteroatoms. The summed E-state index contributed by atoms with van der Waals surface area (Å²) >= 11 is 0. The maximum absolute atomic E-state index is 11.8. The van der Waals surface area contributed by atoms with E-state index in [0.29, 0.717) is 0 Å². The molecule has 0 saturated carbocycles. The molecule has 4 aromatic rings. The zero-order chi connectivity index (χ0) is 18.5. The number of carbonyl (C=O) groups is 1. The normalized spacial score (nSPS) is 11.0. The lowest BCUT2D eigenvalue weighted by molar-refractivity contribution is 0.103. The monoisotopic (exact) mass is 348 g/mol. The van der Waals surface area contributed by atoms with Crippen molar-refractivity contribution in [2.24, 2.45) is 0 Å². The molecule has 0 N–H and O–H groups in total. The van der Waals surface area contributed by atoms with Crippen molar-refractivity contribution < 1.29 is 4.79 Å². The summed E-state index contributed by atoms with van der Waals surface area (Å²) in [5.41, 5.74) is 7.22. The van der Waals surface area contributed by atoms with Gasteiger partial charge in [-0.1, -0.05) is 109 Å². The molecule has 0 aliphatic heterocycles. The molecule has 130 valence electrons. The van der Waals surface area contributed by atoms with Gasteiger partial charge in [0.15, 0.2) is 5.78 Å². The van der Waals surface area contributed by atoms with Crippen molar-refractivity contribution in [1.29, 1.82) is 0 Å². The number of carbonyl (C=O) groups excluding carboxylic acids is 1. The number of ketones is 1. The number of fused-ring (bicyclic) bond motifs is 3. The minimum absolute atomic E-state index is 0.0752. The number of hydrogen-bond acceptors (Lipinski definition) is 1. The van der Waals surface area contributed by atoms with E-state index in [0.717, 1.165) is 17.5 Å². The first-order valence-electron chi connectivity index (χ1n) is 9.14. The van der Waals surface area contributed by atoms with Crippen LogP contribution in [0.4, 0.5) is 0 Å². The van der Waals surface area contributed by atoms with Crippen LogP contribution in [0.15, 0.2) is 109 Å². The molecule has 0 saturated heterocycles. The molecular formula is C26H20O. The Hall–Kier alpha value is -3.45. The first-order chi connectivity index (χ1) is 13.3. The molecule has 1 aliphatic carbocycles. The summed E-state index contributed by atoms with van der Waals surface area (Å²) in [6.45, 7) is 0. The van der Waals surface area contributed by atoms with E-state index in [1.807, 2.05) is 60.7 Å². The topological polar surface area (TPSA) is 17.1 Å². The van der Waals surface area contributed by atoms with Crippen LogP contribution in [0.2, 0.25) is 0 Å². The molecule has 1 nitrogen and oxygen atoms in total. The zero-order valence-corrected chi connectivity index (χ0v) is 15.0. The molecule has 0 unspecified atom stereocenters. The largest absolute Gasteiger partial charge is 0.289 e. The van der Waals surface area contributed by atoms with Gasteiger partial charge in [-0.05, 0) is 28.7 Å². The zero-order valence-electron chi connectivity index (χ0n) is 15.0. The highest BCUT2D eigenvalue weighted by Crippen LogP contribution is 2.35. The van der Waals surface area contributed by atoms with E-state index in [4.69, 9.17) is 0 Å². The van der Waals surface area contributed by atoms with E-state index in [-0.39, 0.29) is 5.78 Å². The van der Waals surface area contributed by atoms with Crippen molar-refractivity contribution in [1.82, 2.24) is 0 Å². The lowest BCUT2D eigenvalue weighted by Crippen LogP contribution is -1.99. The summed E-state index contributed by atoms with van der Waals surface area (Å²) in [7, 11) is 0. The highest BCUT2D eigenvalue weighted by Gasteiger charge is 2.15. The SMILES string of the molecule is O=C(c1ccccc1)c1ccccc1.c1ccc2c(c1)Cc1ccccc1-2. The summed E-state index contributed by atoms with van der Waals surface area (Å²) in [6.07, 6.45) is 1.10. The summed E-state index contributed by atoms with van der Waals surface area (Å²) in [5, 5.41) is 0. The Morgan fingerprint density at radius 3 is 1.30 bits per heavy atom. The van der Waals surface area contributed by atoms with E-state index in [1.165, 1.54) is 22.3 Å². The van der Waals surface area contributed by atoms with Crippen molar-refractivity contribution in [3.63, 3.8) is 0 Å². The van der Waals surface area contributed by atoms with Crippen LogP contribution in [-0.2, 0) is 6.42 Å². The van der Waals surface area contributed by atoms with E-state index in [2.05, 4.69) is 48.5 Å². The second kappa shape index (κ2) is 7.84. The van der Waals surface area contributed by atoms with Gasteiger partial charge in [0.05, 0.1) is 0 Å². The Morgan fingerprint density at radius 2 is 0.852 bits per heavy atom. The van der Waals surface area contributed by atoms with Crippen molar-refractivity contribution in [3.05, 3.63) is 131 Å². The predicted molar refractivity (Wildman–Crippen MR) is 111 cm³/mol. The first-order valence-corrected chi connectivity index (χ1v) is 9.14. The molecule has 0 spiro atoms. The molecular weight excluding hydrogens is 328 g/mol. The third-order valence-corrected chi connectivity index (χ3v) is 4.78. The fraction of sp³-hybridized carbons (Fsp3) is 0.0385. The summed E-state index contributed by atoms with van der Waals surface area (Å²) in [6, 6.07) is 35.9. The van der Waals surface area contributed by atoms with Gasteiger partial charge in [0.2, 0.25) is 0 Å². The van der Waals surface area contributed by atoms with Crippen molar-refractivity contribution in [2.75, 3.05) is 0 Å². The van der Waals surface area contributed by atoms with Crippen molar-refractivity contribution in [2.45, 2.75) is 6.42 Å². The Bertz CT molecular complexity index is 965. The van der Waals surface area contributed by atoms with Crippen LogP contribution in [0.25, 0.3) is 11.1 Å². The summed E-state index contributed by atoms with van der Waals surface area (Å²) in [4.78, 5) is 11.8. The Kier molecular flexibility index (Phi) is 4.93. The van der Waals surface area contributed by atoms with Crippen LogP contribution >= 0.6 is 0 Å². The Morgan fingerprint density at radius 1 is 0.481 bits per heavy atom. The fourth-order valence-corrected chi connectivity index (χ4v) is 3.43. The van der Waals surface area contributed by atoms with Gasteiger partial charge in [0.25, 0.3) is 0 Å². The third kappa shape index (κ3) is 3.73. The molecule has 0 heterocycles. The maximum atomic E-state index is 11.8. The number of benzene rings is 4. The van der Waals surface area contributed by atoms with E-state index < -0.39 is 0 Å². The van der Waals surface area contributed by atoms with E-state index in [1.54, 1.807) is 0 Å². The van der Waals surface area contributed by atoms with Crippen molar-refractivity contribution >= 4 is 5.78 Å². The molecule has 0 bridgehead atoms. The van der Waals surface area contributed by atoms with Gasteiger partial charge in [-0.25, -0.2) is 0 Å². The average Bonchev–Trinajstić information content (AvgIpc) is 3.14. The minimum atomic E-state index is 0.0752. The molecule has 0 fully saturated rings. The molecule has 4 aromatic carbocycles. The second-order valence-electron chi connectivity index (χ2n) is 6.55. The quantitative estimate of drug-likeness (QED) is 0.348. The van der Waals surface area contributed by atoms with Crippen LogP contribution in [0.1, 0.15) is 27.0 Å². The summed E-state index contributed by atoms with van der Waals surface area (Å²) < 4.78 is 0. The Labute approximate surface area is 159 Å². The van der Waals surface area contributed by atoms with Gasteiger partial charge in [-0.2, -0.15) is 0 Å². The van der Waals surface area contributed by atoms with Crippen LogP contribution in [-0.4, -0.2) is 5.78 Å². The smallest absolute Gasteiger partial charge is 0.193 e. The number of hydrogen-bond donors (Lipinski definition) is 0. The number of rotatable bonds is 2. The molecule has 1 aliphatic rings. The lowest BCUT2D eigenvalue weighted by Gasteiger charge is -1.99. The van der Waals surface area contributed by atoms with Crippen molar-refractivity contribution in [3.8, 4) is 11.1 Å². The summed E-state index contributed by atoms with van der Waals surface area (Å²) in [5.74, 6) is 0.0752. The van der Waals surface area contributed by atoms with Gasteiger partial charge < -0.3 is 0 Å². The fourth-order valence-electron chi connectivity index (χ4n) is 3.43. The molecule has 0 amide bonds. The second-order valence-corrected chi connectivity index (χ2v) is 6.55. The van der Waals surface area contributed by atoms with Gasteiger partial charge in [-0.3, -0.25) is 4.79 Å². The molecule has 5 rings (SSSR count). The van der Waals surface area contributed by atoms with Crippen LogP contribution < -0.4 is 0 Å². The Balaban J connectivity index is 0.000000134. The average molecular weight is 348 g/mol. The lowest BCUT2D eigenvalue weighted by atomic mass is 10.0. The molecule has 0 atom stereocenters. The maximum Gasteiger partial charge on any atom is 0.193 e. The third-order valence-electron chi connectivity index (χ3n) is 4.78. The minimum Gasteiger partial charge on any atom is -0.289 e. The van der Waals surface area contributed by atoms with Gasteiger partial charge in [0.1, 0.15) is 0 Å². The van der Waals surface area contributed by atoms with Gasteiger partial charge in [0, 0.05) is 11.1 Å². The van der Waals surface area contributed by atoms with Gasteiger partial charge >= 0.3 is 0 Å². The van der Waals surface area contributed by atoms with E-state index >= 15 is 0 Å². The standard InChI is InChI=1S/C13H10O.C13H10/c14-13(11-7-3-1-4-8-11)12-9-5-2-6-10-12;1-3-7-12-10(5-1)9-11-6-2-4-8-13(11)12/h1-10H;1-8H,9H2. The van der Waals surface area contributed by atoms with Crippen LogP contribution in [0.3, 0.4) is 0 Å².